The summed E-state index contributed by atoms with van der Waals surface area (Å²) in [6.07, 6.45) is -5.65. The molecule has 1 rings (SSSR count). The Morgan fingerprint density at radius 2 is 1.83 bits per heavy atom. The van der Waals surface area contributed by atoms with Crippen LogP contribution in [0.1, 0.15) is 24.5 Å². The molecule has 1 atom stereocenters. The lowest BCUT2D eigenvalue weighted by molar-refractivity contribution is -0.135. The number of benzene rings is 1. The van der Waals surface area contributed by atoms with Crippen LogP contribution >= 0.6 is 11.6 Å². The van der Waals surface area contributed by atoms with E-state index in [4.69, 9.17) is 11.6 Å². The van der Waals surface area contributed by atoms with Gasteiger partial charge < -0.3 is 10.4 Å². The third-order valence-electron chi connectivity index (χ3n) is 2.41. The summed E-state index contributed by atoms with van der Waals surface area (Å²) < 4.78 is 35.6. The number of rotatable bonds is 6. The van der Waals surface area contributed by atoms with Gasteiger partial charge in [0.25, 0.3) is 0 Å². The van der Waals surface area contributed by atoms with Gasteiger partial charge in [-0.15, -0.1) is 0 Å². The van der Waals surface area contributed by atoms with Gasteiger partial charge in [-0.25, -0.2) is 0 Å². The van der Waals surface area contributed by atoms with Gasteiger partial charge in [0.15, 0.2) is 0 Å². The van der Waals surface area contributed by atoms with Crippen molar-refractivity contribution in [3.63, 3.8) is 0 Å². The summed E-state index contributed by atoms with van der Waals surface area (Å²) in [6.45, 7) is 0.448. The number of halogens is 4. The van der Waals surface area contributed by atoms with Crippen LogP contribution in [0.4, 0.5) is 13.2 Å². The third kappa shape index (κ3) is 6.23. The first kappa shape index (κ1) is 15.3. The Balaban J connectivity index is 2.21. The zero-order valence-electron chi connectivity index (χ0n) is 9.67. The molecule has 6 heteroatoms. The summed E-state index contributed by atoms with van der Waals surface area (Å²) in [5, 5.41) is 13.1. The number of hydrogen-bond acceptors (Lipinski definition) is 2. The molecule has 0 spiro atoms. The summed E-state index contributed by atoms with van der Waals surface area (Å²) in [6, 6.07) is 6.68. The first-order chi connectivity index (χ1) is 8.38. The van der Waals surface area contributed by atoms with Crippen molar-refractivity contribution in [3.05, 3.63) is 34.9 Å². The van der Waals surface area contributed by atoms with Gasteiger partial charge in [0.05, 0.1) is 6.10 Å². The van der Waals surface area contributed by atoms with Crippen LogP contribution in [-0.4, -0.2) is 24.4 Å². The molecule has 0 heterocycles. The molecule has 1 aromatic rings. The van der Waals surface area contributed by atoms with Gasteiger partial charge in [-0.3, -0.25) is 0 Å². The maximum atomic E-state index is 11.9. The molecular weight excluding hydrogens is 267 g/mol. The minimum absolute atomic E-state index is 0.0108. The summed E-state index contributed by atoms with van der Waals surface area (Å²) in [5.41, 5.74) is 0.683. The second-order valence-electron chi connectivity index (χ2n) is 3.99. The van der Waals surface area contributed by atoms with E-state index in [0.717, 1.165) is 0 Å². The summed E-state index contributed by atoms with van der Waals surface area (Å²) in [4.78, 5) is 0. The van der Waals surface area contributed by atoms with Crippen molar-refractivity contribution >= 4 is 11.6 Å². The van der Waals surface area contributed by atoms with Gasteiger partial charge in [0.2, 0.25) is 0 Å². The maximum Gasteiger partial charge on any atom is 0.389 e. The lowest BCUT2D eigenvalue weighted by Gasteiger charge is -2.12. The van der Waals surface area contributed by atoms with Crippen molar-refractivity contribution in [2.75, 3.05) is 13.1 Å². The summed E-state index contributed by atoms with van der Waals surface area (Å²) in [5.74, 6) is 0. The fourth-order valence-corrected chi connectivity index (χ4v) is 1.58. The Kier molecular flexibility index (Phi) is 5.91. The number of nitrogens with one attached hydrogen (secondary N) is 1. The predicted octanol–water partition coefficient (Wildman–Crippen LogP) is 3.31. The molecule has 1 unspecified atom stereocenters. The van der Waals surface area contributed by atoms with Gasteiger partial charge in [0.1, 0.15) is 0 Å². The van der Waals surface area contributed by atoms with Crippen molar-refractivity contribution in [2.45, 2.75) is 25.1 Å². The van der Waals surface area contributed by atoms with Crippen molar-refractivity contribution < 1.29 is 18.3 Å². The van der Waals surface area contributed by atoms with E-state index >= 15 is 0 Å². The van der Waals surface area contributed by atoms with Gasteiger partial charge in [-0.05, 0) is 30.7 Å². The zero-order valence-corrected chi connectivity index (χ0v) is 10.4. The molecule has 0 radical (unpaired) electrons. The molecule has 0 saturated heterocycles. The summed E-state index contributed by atoms with van der Waals surface area (Å²) in [7, 11) is 0. The number of hydrogen-bond donors (Lipinski definition) is 2. The van der Waals surface area contributed by atoms with Crippen LogP contribution in [0.5, 0.6) is 0 Å². The molecule has 0 aliphatic carbocycles. The van der Waals surface area contributed by atoms with Crippen LogP contribution in [0.15, 0.2) is 24.3 Å². The largest absolute Gasteiger partial charge is 0.389 e. The molecule has 0 fully saturated rings. The molecule has 1 aromatic carbocycles. The minimum Gasteiger partial charge on any atom is -0.387 e. The SMILES string of the molecule is OC(CNCCCC(F)(F)F)c1ccc(Cl)cc1. The topological polar surface area (TPSA) is 32.3 Å². The number of aliphatic hydroxyl groups excluding tert-OH is 1. The lowest BCUT2D eigenvalue weighted by atomic mass is 10.1. The molecular formula is C12H15ClF3NO. The van der Waals surface area contributed by atoms with Crippen LogP contribution in [-0.2, 0) is 0 Å². The highest BCUT2D eigenvalue weighted by molar-refractivity contribution is 6.30. The standard InChI is InChI=1S/C12H15ClF3NO/c13-10-4-2-9(3-5-10)11(18)8-17-7-1-6-12(14,15)16/h2-5,11,17-18H,1,6-8H2. The number of alkyl halides is 3. The lowest BCUT2D eigenvalue weighted by Crippen LogP contribution is -2.23. The van der Waals surface area contributed by atoms with E-state index in [2.05, 4.69) is 5.32 Å². The maximum absolute atomic E-state index is 11.9. The fraction of sp³-hybridized carbons (Fsp3) is 0.500. The zero-order chi connectivity index (χ0) is 13.6. The van der Waals surface area contributed by atoms with Gasteiger partial charge in [0, 0.05) is 18.0 Å². The predicted molar refractivity (Wildman–Crippen MR) is 64.6 cm³/mol. The van der Waals surface area contributed by atoms with Crippen LogP contribution in [0.3, 0.4) is 0 Å². The van der Waals surface area contributed by atoms with Gasteiger partial charge in [-0.1, -0.05) is 23.7 Å². The molecule has 0 aliphatic rings. The molecule has 18 heavy (non-hydrogen) atoms. The van der Waals surface area contributed by atoms with E-state index < -0.39 is 18.7 Å². The average Bonchev–Trinajstić information content (AvgIpc) is 2.27. The van der Waals surface area contributed by atoms with E-state index in [1.807, 2.05) is 0 Å². The van der Waals surface area contributed by atoms with Gasteiger partial charge >= 0.3 is 6.18 Å². The molecule has 2 nitrogen and oxygen atoms in total. The molecule has 0 bridgehead atoms. The average molecular weight is 282 g/mol. The second-order valence-corrected chi connectivity index (χ2v) is 4.43. The van der Waals surface area contributed by atoms with Gasteiger partial charge in [-0.2, -0.15) is 13.2 Å². The molecule has 0 amide bonds. The smallest absolute Gasteiger partial charge is 0.387 e. The van der Waals surface area contributed by atoms with Crippen LogP contribution in [0.25, 0.3) is 0 Å². The van der Waals surface area contributed by atoms with Crippen molar-refractivity contribution in [2.24, 2.45) is 0 Å². The Hall–Kier alpha value is -0.780. The van der Waals surface area contributed by atoms with E-state index in [-0.39, 0.29) is 19.5 Å². The van der Waals surface area contributed by atoms with E-state index in [1.165, 1.54) is 0 Å². The molecule has 102 valence electrons. The third-order valence-corrected chi connectivity index (χ3v) is 2.66. The highest BCUT2D eigenvalue weighted by atomic mass is 35.5. The van der Waals surface area contributed by atoms with E-state index in [1.54, 1.807) is 24.3 Å². The van der Waals surface area contributed by atoms with Crippen LogP contribution in [0.2, 0.25) is 5.02 Å². The quantitative estimate of drug-likeness (QED) is 0.784. The van der Waals surface area contributed by atoms with Crippen LogP contribution in [0, 0.1) is 0 Å². The Morgan fingerprint density at radius 1 is 1.22 bits per heavy atom. The van der Waals surface area contributed by atoms with Crippen molar-refractivity contribution in [1.29, 1.82) is 0 Å². The van der Waals surface area contributed by atoms with E-state index in [0.29, 0.717) is 10.6 Å². The second kappa shape index (κ2) is 6.97. The monoisotopic (exact) mass is 281 g/mol. The summed E-state index contributed by atoms with van der Waals surface area (Å²) >= 11 is 5.70. The minimum atomic E-state index is -4.11. The highest BCUT2D eigenvalue weighted by Crippen LogP contribution is 2.20. The normalized spacial score (nSPS) is 13.6. The van der Waals surface area contributed by atoms with E-state index in [9.17, 15) is 18.3 Å². The Labute approximate surface area is 109 Å². The molecule has 0 aromatic heterocycles. The Morgan fingerprint density at radius 3 is 2.39 bits per heavy atom. The fourth-order valence-electron chi connectivity index (χ4n) is 1.46. The molecule has 0 saturated carbocycles. The molecule has 2 N–H and O–H groups in total. The Bertz CT molecular complexity index is 353. The van der Waals surface area contributed by atoms with Crippen molar-refractivity contribution in [1.82, 2.24) is 5.32 Å². The van der Waals surface area contributed by atoms with Crippen molar-refractivity contribution in [3.8, 4) is 0 Å². The van der Waals surface area contributed by atoms with Crippen LogP contribution < -0.4 is 5.32 Å². The first-order valence-electron chi connectivity index (χ1n) is 5.59. The highest BCUT2D eigenvalue weighted by Gasteiger charge is 2.25. The number of aliphatic hydroxyl groups is 1. The molecule has 0 aliphatic heterocycles. The first-order valence-corrected chi connectivity index (χ1v) is 5.97.